The van der Waals surface area contributed by atoms with Crippen LogP contribution in [0.25, 0.3) is 32.8 Å². The Morgan fingerprint density at radius 1 is 1.03 bits per heavy atom. The van der Waals surface area contributed by atoms with Gasteiger partial charge in [0.25, 0.3) is 0 Å². The monoisotopic (exact) mass is 388 g/mol. The molecular formula is C23H20N2O4. The van der Waals surface area contributed by atoms with E-state index < -0.39 is 0 Å². The Hall–Kier alpha value is -3.67. The lowest BCUT2D eigenvalue weighted by atomic mass is 10.0. The van der Waals surface area contributed by atoms with Crippen molar-refractivity contribution in [1.82, 2.24) is 4.57 Å². The van der Waals surface area contributed by atoms with Crippen LogP contribution in [0.3, 0.4) is 0 Å². The molecule has 0 radical (unpaired) electrons. The van der Waals surface area contributed by atoms with E-state index >= 15 is 0 Å². The minimum absolute atomic E-state index is 0.0168. The van der Waals surface area contributed by atoms with E-state index in [0.717, 1.165) is 21.9 Å². The number of aryl methyl sites for hydroxylation is 1. The number of fused-ring (bicyclic) bond motifs is 2. The minimum atomic E-state index is -0.313. The lowest BCUT2D eigenvalue weighted by Crippen LogP contribution is -2.04. The molecule has 29 heavy (non-hydrogen) atoms. The van der Waals surface area contributed by atoms with Crippen LogP contribution < -0.4 is 0 Å². The predicted molar refractivity (Wildman–Crippen MR) is 113 cm³/mol. The Balaban J connectivity index is 1.77. The predicted octanol–water partition coefficient (Wildman–Crippen LogP) is 5.52. The number of hydrogen-bond acceptors (Lipinski definition) is 5. The van der Waals surface area contributed by atoms with Crippen LogP contribution in [0.1, 0.15) is 12.8 Å². The van der Waals surface area contributed by atoms with E-state index in [0.29, 0.717) is 23.9 Å². The van der Waals surface area contributed by atoms with Crippen LogP contribution in [-0.4, -0.2) is 22.8 Å². The first-order chi connectivity index (χ1) is 14.1. The summed E-state index contributed by atoms with van der Waals surface area (Å²) in [5.74, 6) is -0.498. The fourth-order valence-corrected chi connectivity index (χ4v) is 3.67. The fraction of sp³-hybridized carbons (Fsp3) is 0.174. The summed E-state index contributed by atoms with van der Waals surface area (Å²) in [5, 5.41) is 16.4. The molecule has 146 valence electrons. The van der Waals surface area contributed by atoms with Gasteiger partial charge in [-0.05, 0) is 51.7 Å². The molecule has 6 nitrogen and oxygen atoms in total. The summed E-state index contributed by atoms with van der Waals surface area (Å²) in [7, 11) is 1.34. The number of nitroso groups, excluding NO2 is 1. The van der Waals surface area contributed by atoms with Crippen molar-refractivity contribution in [3.8, 4) is 17.0 Å². The van der Waals surface area contributed by atoms with Crippen molar-refractivity contribution >= 4 is 33.3 Å². The van der Waals surface area contributed by atoms with Gasteiger partial charge in [-0.25, -0.2) is 0 Å². The number of benzene rings is 3. The third-order valence-corrected chi connectivity index (χ3v) is 5.18. The molecule has 6 heteroatoms. The fourth-order valence-electron chi connectivity index (χ4n) is 3.67. The normalized spacial score (nSPS) is 11.1. The number of aromatic nitrogens is 1. The van der Waals surface area contributed by atoms with E-state index in [2.05, 4.69) is 34.2 Å². The van der Waals surface area contributed by atoms with Gasteiger partial charge in [0.05, 0.1) is 12.6 Å². The third kappa shape index (κ3) is 3.45. The average Bonchev–Trinajstić information content (AvgIpc) is 3.03. The van der Waals surface area contributed by atoms with E-state index in [9.17, 15) is 14.8 Å². The molecule has 3 aromatic carbocycles. The van der Waals surface area contributed by atoms with Crippen LogP contribution in [-0.2, 0) is 16.1 Å². The van der Waals surface area contributed by atoms with Crippen molar-refractivity contribution in [1.29, 1.82) is 0 Å². The Morgan fingerprint density at radius 2 is 1.76 bits per heavy atom. The Morgan fingerprint density at radius 3 is 2.52 bits per heavy atom. The van der Waals surface area contributed by atoms with Crippen LogP contribution in [0.2, 0.25) is 0 Å². The van der Waals surface area contributed by atoms with E-state index in [1.165, 1.54) is 7.11 Å². The van der Waals surface area contributed by atoms with Gasteiger partial charge in [0.1, 0.15) is 0 Å². The van der Waals surface area contributed by atoms with Crippen molar-refractivity contribution in [3.05, 3.63) is 65.6 Å². The van der Waals surface area contributed by atoms with Crippen LogP contribution >= 0.6 is 0 Å². The molecule has 1 aromatic heterocycles. The Kier molecular flexibility index (Phi) is 4.99. The minimum Gasteiger partial charge on any atom is -0.493 e. The maximum atomic E-state index is 11.4. The molecule has 0 aliphatic heterocycles. The Labute approximate surface area is 167 Å². The number of carbonyl (C=O) groups excluding carboxylic acids is 1. The van der Waals surface area contributed by atoms with Gasteiger partial charge in [-0.3, -0.25) is 4.79 Å². The first kappa shape index (κ1) is 18.7. The van der Waals surface area contributed by atoms with E-state index in [1.807, 2.05) is 30.3 Å². The number of carbonyl (C=O) groups is 1. The number of hydrogen-bond donors (Lipinski definition) is 1. The van der Waals surface area contributed by atoms with E-state index in [-0.39, 0.29) is 24.0 Å². The van der Waals surface area contributed by atoms with Gasteiger partial charge < -0.3 is 14.4 Å². The van der Waals surface area contributed by atoms with Gasteiger partial charge >= 0.3 is 5.97 Å². The van der Waals surface area contributed by atoms with Crippen LogP contribution in [0.5, 0.6) is 5.88 Å². The molecule has 0 aliphatic rings. The molecule has 4 aromatic rings. The van der Waals surface area contributed by atoms with Gasteiger partial charge in [0, 0.05) is 18.4 Å². The summed E-state index contributed by atoms with van der Waals surface area (Å²) >= 11 is 0. The van der Waals surface area contributed by atoms with E-state index in [1.54, 1.807) is 10.6 Å². The van der Waals surface area contributed by atoms with Gasteiger partial charge in [0.15, 0.2) is 5.69 Å². The number of esters is 1. The first-order valence-corrected chi connectivity index (χ1v) is 9.37. The zero-order valence-electron chi connectivity index (χ0n) is 16.0. The summed E-state index contributed by atoms with van der Waals surface area (Å²) < 4.78 is 6.29. The molecule has 0 atom stereocenters. The smallest absolute Gasteiger partial charge is 0.305 e. The highest BCUT2D eigenvalue weighted by molar-refractivity contribution is 5.98. The van der Waals surface area contributed by atoms with Gasteiger partial charge in [0.2, 0.25) is 5.88 Å². The van der Waals surface area contributed by atoms with Crippen molar-refractivity contribution in [2.75, 3.05) is 7.11 Å². The summed E-state index contributed by atoms with van der Waals surface area (Å²) in [5.41, 5.74) is 2.72. The van der Waals surface area contributed by atoms with Crippen LogP contribution in [0.4, 0.5) is 5.69 Å². The highest BCUT2D eigenvalue weighted by atomic mass is 16.5. The average molecular weight is 388 g/mol. The molecule has 4 rings (SSSR count). The zero-order valence-corrected chi connectivity index (χ0v) is 16.0. The SMILES string of the molecule is COC(=O)CCCn1c(O)c(N=O)c2ccc(-c3ccc4ccccc4c3)cc21. The molecule has 0 unspecified atom stereocenters. The second-order valence-corrected chi connectivity index (χ2v) is 6.89. The largest absolute Gasteiger partial charge is 0.493 e. The molecule has 1 heterocycles. The number of nitrogens with zero attached hydrogens (tertiary/aromatic N) is 2. The summed E-state index contributed by atoms with van der Waals surface area (Å²) in [6.45, 7) is 0.369. The molecule has 0 amide bonds. The van der Waals surface area contributed by atoms with Crippen molar-refractivity contribution in [3.63, 3.8) is 0 Å². The van der Waals surface area contributed by atoms with Crippen LogP contribution in [0, 0.1) is 4.91 Å². The third-order valence-electron chi connectivity index (χ3n) is 5.18. The topological polar surface area (TPSA) is 80.9 Å². The molecule has 1 N–H and O–H groups in total. The molecule has 0 fully saturated rings. The zero-order chi connectivity index (χ0) is 20.4. The molecule has 0 spiro atoms. The molecule has 0 saturated carbocycles. The van der Waals surface area contributed by atoms with E-state index in [4.69, 9.17) is 0 Å². The molecule has 0 bridgehead atoms. The lowest BCUT2D eigenvalue weighted by molar-refractivity contribution is -0.140. The molecular weight excluding hydrogens is 368 g/mol. The number of aromatic hydroxyl groups is 1. The lowest BCUT2D eigenvalue weighted by Gasteiger charge is -2.08. The highest BCUT2D eigenvalue weighted by Crippen LogP contribution is 2.40. The second kappa shape index (κ2) is 7.75. The van der Waals surface area contributed by atoms with Gasteiger partial charge in [-0.1, -0.05) is 42.5 Å². The maximum absolute atomic E-state index is 11.4. The van der Waals surface area contributed by atoms with Crippen molar-refractivity contribution in [2.45, 2.75) is 19.4 Å². The number of rotatable bonds is 6. The summed E-state index contributed by atoms with van der Waals surface area (Å²) in [4.78, 5) is 22.7. The summed E-state index contributed by atoms with van der Waals surface area (Å²) in [6, 6.07) is 20.0. The van der Waals surface area contributed by atoms with Gasteiger partial charge in [-0.2, -0.15) is 0 Å². The number of methoxy groups -OCH3 is 1. The van der Waals surface area contributed by atoms with Crippen LogP contribution in [0.15, 0.2) is 65.8 Å². The summed E-state index contributed by atoms with van der Waals surface area (Å²) in [6.07, 6.45) is 0.701. The van der Waals surface area contributed by atoms with Gasteiger partial charge in [-0.15, -0.1) is 4.91 Å². The standard InChI is InChI=1S/C23H20N2O4/c1-29-21(26)7-4-12-25-20-14-18(10-11-19(20)22(24-28)23(25)27)17-9-8-15-5-2-3-6-16(15)13-17/h2-3,5-6,8-11,13-14,27H,4,7,12H2,1H3. The van der Waals surface area contributed by atoms with Crippen molar-refractivity contribution in [2.24, 2.45) is 5.18 Å². The Bertz CT molecular complexity index is 1230. The number of ether oxygens (including phenoxy) is 1. The molecule has 0 aliphatic carbocycles. The second-order valence-electron chi connectivity index (χ2n) is 6.89. The first-order valence-electron chi connectivity index (χ1n) is 9.37. The maximum Gasteiger partial charge on any atom is 0.305 e. The highest BCUT2D eigenvalue weighted by Gasteiger charge is 2.18. The van der Waals surface area contributed by atoms with Crippen molar-refractivity contribution < 1.29 is 14.6 Å². The molecule has 0 saturated heterocycles. The quantitative estimate of drug-likeness (QED) is 0.348.